The lowest BCUT2D eigenvalue weighted by Crippen LogP contribution is -2.37. The number of pyridine rings is 1. The molecule has 1 aromatic rings. The maximum atomic E-state index is 12.1. The third-order valence-electron chi connectivity index (χ3n) is 2.27. The molecule has 0 spiro atoms. The van der Waals surface area contributed by atoms with E-state index in [0.717, 1.165) is 0 Å². The zero-order chi connectivity index (χ0) is 13.9. The number of hydrogen-bond donors (Lipinski definition) is 0. The number of carbonyl (C=O) groups excluding carboxylic acids is 2. The Hall–Kier alpha value is -1.33. The van der Waals surface area contributed by atoms with Crippen LogP contribution in [-0.2, 0) is 4.79 Å². The van der Waals surface area contributed by atoms with Crippen LogP contribution in [0.15, 0.2) is 12.3 Å². The van der Waals surface area contributed by atoms with Gasteiger partial charge in [-0.1, -0.05) is 23.2 Å². The molecule has 0 atom stereocenters. The molecule has 1 aromatic heterocycles. The van der Waals surface area contributed by atoms with Crippen molar-refractivity contribution in [1.29, 1.82) is 0 Å². The van der Waals surface area contributed by atoms with Gasteiger partial charge in [-0.25, -0.2) is 4.98 Å². The van der Waals surface area contributed by atoms with E-state index in [0.29, 0.717) is 0 Å². The fourth-order valence-corrected chi connectivity index (χ4v) is 1.54. The van der Waals surface area contributed by atoms with E-state index in [9.17, 15) is 9.59 Å². The lowest BCUT2D eigenvalue weighted by atomic mass is 10.2. The second kappa shape index (κ2) is 6.02. The maximum absolute atomic E-state index is 12.1. The monoisotopic (exact) mass is 289 g/mol. The zero-order valence-electron chi connectivity index (χ0n) is 10.3. The average molecular weight is 290 g/mol. The summed E-state index contributed by atoms with van der Waals surface area (Å²) >= 11 is 11.6. The van der Waals surface area contributed by atoms with Crippen molar-refractivity contribution < 1.29 is 9.59 Å². The Balaban J connectivity index is 2.87. The Bertz CT molecular complexity index is 477. The van der Waals surface area contributed by atoms with Crippen molar-refractivity contribution >= 4 is 35.0 Å². The largest absolute Gasteiger partial charge is 0.347 e. The van der Waals surface area contributed by atoms with Crippen LogP contribution in [0.5, 0.6) is 0 Å². The van der Waals surface area contributed by atoms with Gasteiger partial charge in [0.2, 0.25) is 5.91 Å². The number of hydrogen-bond acceptors (Lipinski definition) is 3. The van der Waals surface area contributed by atoms with Crippen molar-refractivity contribution in [2.75, 3.05) is 27.7 Å². The molecular weight excluding hydrogens is 277 g/mol. The summed E-state index contributed by atoms with van der Waals surface area (Å²) in [5.74, 6) is -0.554. The Morgan fingerprint density at radius 3 is 2.44 bits per heavy atom. The summed E-state index contributed by atoms with van der Waals surface area (Å²) in [7, 11) is 4.77. The first-order chi connectivity index (χ1) is 8.32. The van der Waals surface area contributed by atoms with Gasteiger partial charge in [-0.2, -0.15) is 0 Å². The van der Waals surface area contributed by atoms with Crippen LogP contribution < -0.4 is 0 Å². The molecule has 0 aromatic carbocycles. The maximum Gasteiger partial charge on any atom is 0.255 e. The highest BCUT2D eigenvalue weighted by atomic mass is 35.5. The molecule has 7 heteroatoms. The molecular formula is C11H13Cl2N3O2. The van der Waals surface area contributed by atoms with Crippen LogP contribution in [0.25, 0.3) is 0 Å². The fourth-order valence-electron chi connectivity index (χ4n) is 1.20. The molecule has 2 amide bonds. The van der Waals surface area contributed by atoms with E-state index in [1.165, 1.54) is 29.1 Å². The topological polar surface area (TPSA) is 53.5 Å². The van der Waals surface area contributed by atoms with Crippen LogP contribution in [0.1, 0.15) is 10.4 Å². The first-order valence-corrected chi connectivity index (χ1v) is 5.85. The van der Waals surface area contributed by atoms with E-state index >= 15 is 0 Å². The van der Waals surface area contributed by atoms with Gasteiger partial charge in [0.1, 0.15) is 5.15 Å². The van der Waals surface area contributed by atoms with Crippen molar-refractivity contribution in [2.24, 2.45) is 0 Å². The standard InChI is InChI=1S/C11H13Cl2N3O2/c1-15(2)10(17)6-16(3)11(18)7-4-9(13)14-5-8(7)12/h4-5H,6H2,1-3H3. The van der Waals surface area contributed by atoms with Crippen LogP contribution in [0.3, 0.4) is 0 Å². The summed E-state index contributed by atoms with van der Waals surface area (Å²) in [6, 6.07) is 1.38. The molecule has 5 nitrogen and oxygen atoms in total. The van der Waals surface area contributed by atoms with E-state index in [1.54, 1.807) is 14.1 Å². The number of rotatable bonds is 3. The second-order valence-electron chi connectivity index (χ2n) is 3.94. The van der Waals surface area contributed by atoms with Crippen LogP contribution in [0, 0.1) is 0 Å². The molecule has 1 rings (SSSR count). The van der Waals surface area contributed by atoms with Gasteiger partial charge in [-0.3, -0.25) is 9.59 Å². The van der Waals surface area contributed by atoms with E-state index in [-0.39, 0.29) is 34.1 Å². The molecule has 0 radical (unpaired) electrons. The van der Waals surface area contributed by atoms with E-state index in [4.69, 9.17) is 23.2 Å². The van der Waals surface area contributed by atoms with Gasteiger partial charge in [-0.15, -0.1) is 0 Å². The van der Waals surface area contributed by atoms with Crippen molar-refractivity contribution in [3.05, 3.63) is 28.0 Å². The number of nitrogens with zero attached hydrogens (tertiary/aromatic N) is 3. The Labute approximate surface area is 115 Å². The lowest BCUT2D eigenvalue weighted by molar-refractivity contribution is -0.129. The fraction of sp³-hybridized carbons (Fsp3) is 0.364. The van der Waals surface area contributed by atoms with E-state index in [2.05, 4.69) is 4.98 Å². The van der Waals surface area contributed by atoms with Crippen molar-refractivity contribution in [2.45, 2.75) is 0 Å². The normalized spacial score (nSPS) is 10.1. The highest BCUT2D eigenvalue weighted by Crippen LogP contribution is 2.19. The lowest BCUT2D eigenvalue weighted by Gasteiger charge is -2.19. The smallest absolute Gasteiger partial charge is 0.255 e. The summed E-state index contributed by atoms with van der Waals surface area (Å²) in [6.45, 7) is -0.0257. The predicted molar refractivity (Wildman–Crippen MR) is 69.9 cm³/mol. The van der Waals surface area contributed by atoms with Gasteiger partial charge < -0.3 is 9.80 Å². The minimum absolute atomic E-state index is 0.0257. The molecule has 0 saturated carbocycles. The van der Waals surface area contributed by atoms with Crippen molar-refractivity contribution in [3.63, 3.8) is 0 Å². The molecule has 0 bridgehead atoms. The molecule has 98 valence electrons. The Morgan fingerprint density at radius 2 is 1.89 bits per heavy atom. The SMILES string of the molecule is CN(C)C(=O)CN(C)C(=O)c1cc(Cl)ncc1Cl. The molecule has 0 saturated heterocycles. The summed E-state index contributed by atoms with van der Waals surface area (Å²) in [5, 5.41) is 0.378. The quantitative estimate of drug-likeness (QED) is 0.794. The third kappa shape index (κ3) is 3.58. The van der Waals surface area contributed by atoms with Gasteiger partial charge in [0.15, 0.2) is 0 Å². The number of amides is 2. The van der Waals surface area contributed by atoms with Crippen LogP contribution in [0.2, 0.25) is 10.2 Å². The Morgan fingerprint density at radius 1 is 1.28 bits per heavy atom. The first-order valence-electron chi connectivity index (χ1n) is 5.09. The highest BCUT2D eigenvalue weighted by Gasteiger charge is 2.19. The molecule has 0 fully saturated rings. The summed E-state index contributed by atoms with van der Waals surface area (Å²) < 4.78 is 0. The summed E-state index contributed by atoms with van der Waals surface area (Å²) in [5.41, 5.74) is 0.228. The van der Waals surface area contributed by atoms with Gasteiger partial charge in [0, 0.05) is 27.3 Å². The second-order valence-corrected chi connectivity index (χ2v) is 4.73. The molecule has 0 N–H and O–H groups in total. The van der Waals surface area contributed by atoms with Gasteiger partial charge in [-0.05, 0) is 6.07 Å². The molecule has 0 aliphatic carbocycles. The zero-order valence-corrected chi connectivity index (χ0v) is 11.8. The molecule has 18 heavy (non-hydrogen) atoms. The van der Waals surface area contributed by atoms with Crippen molar-refractivity contribution in [3.8, 4) is 0 Å². The van der Waals surface area contributed by atoms with Gasteiger partial charge in [0.25, 0.3) is 5.91 Å². The number of likely N-dealkylation sites (N-methyl/N-ethyl adjacent to an activating group) is 2. The van der Waals surface area contributed by atoms with Crippen LogP contribution in [0.4, 0.5) is 0 Å². The van der Waals surface area contributed by atoms with Crippen LogP contribution >= 0.6 is 23.2 Å². The minimum Gasteiger partial charge on any atom is -0.347 e. The molecule has 0 unspecified atom stereocenters. The minimum atomic E-state index is -0.375. The van der Waals surface area contributed by atoms with E-state index in [1.807, 2.05) is 0 Å². The predicted octanol–water partition coefficient (Wildman–Crippen LogP) is 1.55. The molecule has 0 aliphatic rings. The molecule has 1 heterocycles. The summed E-state index contributed by atoms with van der Waals surface area (Å²) in [4.78, 5) is 30.0. The number of carbonyl (C=O) groups is 2. The third-order valence-corrected chi connectivity index (χ3v) is 2.78. The summed E-state index contributed by atoms with van der Waals surface area (Å²) in [6.07, 6.45) is 1.30. The van der Waals surface area contributed by atoms with Gasteiger partial charge in [0.05, 0.1) is 17.1 Å². The highest BCUT2D eigenvalue weighted by molar-refractivity contribution is 6.35. The van der Waals surface area contributed by atoms with E-state index < -0.39 is 0 Å². The van der Waals surface area contributed by atoms with Crippen molar-refractivity contribution in [1.82, 2.24) is 14.8 Å². The number of halogens is 2. The average Bonchev–Trinajstić information content (AvgIpc) is 2.31. The first kappa shape index (κ1) is 14.7. The van der Waals surface area contributed by atoms with Gasteiger partial charge >= 0.3 is 0 Å². The molecule has 0 aliphatic heterocycles. The number of aromatic nitrogens is 1. The Kier molecular flexibility index (Phi) is 4.93. The van der Waals surface area contributed by atoms with Crippen LogP contribution in [-0.4, -0.2) is 54.3 Å².